The largest absolute Gasteiger partial charge is 0.393 e. The third-order valence-corrected chi connectivity index (χ3v) is 3.29. The molecule has 0 aliphatic heterocycles. The first-order valence-corrected chi connectivity index (χ1v) is 7.25. The van der Waals surface area contributed by atoms with Crippen LogP contribution < -0.4 is 0 Å². The molecule has 0 aromatic carbocycles. The second kappa shape index (κ2) is 8.93. The zero-order valence-electron chi connectivity index (χ0n) is 12.7. The van der Waals surface area contributed by atoms with E-state index in [1.165, 1.54) is 12.8 Å². The Labute approximate surface area is 108 Å². The molecule has 0 spiro atoms. The van der Waals surface area contributed by atoms with Crippen LogP contribution in [0.3, 0.4) is 0 Å². The summed E-state index contributed by atoms with van der Waals surface area (Å²) in [7, 11) is 0. The summed E-state index contributed by atoms with van der Waals surface area (Å²) in [5.74, 6) is 1.52. The molecule has 0 rings (SSSR count). The van der Waals surface area contributed by atoms with E-state index in [4.69, 9.17) is 0 Å². The molecule has 2 unspecified atom stereocenters. The fourth-order valence-corrected chi connectivity index (χ4v) is 2.04. The van der Waals surface area contributed by atoms with E-state index in [1.807, 2.05) is 6.92 Å². The van der Waals surface area contributed by atoms with Crippen LogP contribution >= 0.6 is 0 Å². The van der Waals surface area contributed by atoms with Gasteiger partial charge in [0, 0.05) is 6.04 Å². The topological polar surface area (TPSA) is 23.5 Å². The van der Waals surface area contributed by atoms with Gasteiger partial charge in [0.2, 0.25) is 0 Å². The van der Waals surface area contributed by atoms with Gasteiger partial charge in [-0.1, -0.05) is 27.7 Å². The average Bonchev–Trinajstić information content (AvgIpc) is 2.15. The number of aliphatic hydroxyl groups excluding tert-OH is 1. The lowest BCUT2D eigenvalue weighted by Gasteiger charge is -2.31. The predicted molar refractivity (Wildman–Crippen MR) is 76.2 cm³/mol. The van der Waals surface area contributed by atoms with Gasteiger partial charge in [-0.2, -0.15) is 0 Å². The van der Waals surface area contributed by atoms with Gasteiger partial charge >= 0.3 is 0 Å². The molecule has 2 nitrogen and oxygen atoms in total. The van der Waals surface area contributed by atoms with Crippen LogP contribution in [0.25, 0.3) is 0 Å². The predicted octanol–water partition coefficient (Wildman–Crippen LogP) is 3.54. The summed E-state index contributed by atoms with van der Waals surface area (Å²) in [6, 6.07) is 0.493. The molecule has 0 aliphatic rings. The van der Waals surface area contributed by atoms with E-state index < -0.39 is 0 Å². The Morgan fingerprint density at radius 1 is 0.824 bits per heavy atom. The van der Waals surface area contributed by atoms with Crippen LogP contribution in [0.1, 0.15) is 60.8 Å². The molecule has 0 aromatic rings. The minimum atomic E-state index is -0.189. The van der Waals surface area contributed by atoms with Crippen molar-refractivity contribution in [3.8, 4) is 0 Å². The molecule has 2 atom stereocenters. The van der Waals surface area contributed by atoms with Crippen molar-refractivity contribution in [1.82, 2.24) is 4.90 Å². The molecule has 0 fully saturated rings. The van der Waals surface area contributed by atoms with E-state index in [0.29, 0.717) is 6.04 Å². The Bertz CT molecular complexity index is 166. The summed E-state index contributed by atoms with van der Waals surface area (Å²) in [6.45, 7) is 15.6. The van der Waals surface area contributed by atoms with Gasteiger partial charge < -0.3 is 10.0 Å². The fraction of sp³-hybridized carbons (Fsp3) is 1.00. The molecule has 0 aliphatic carbocycles. The van der Waals surface area contributed by atoms with Crippen molar-refractivity contribution in [1.29, 1.82) is 0 Å². The Kier molecular flexibility index (Phi) is 8.89. The zero-order chi connectivity index (χ0) is 13.4. The fourth-order valence-electron chi connectivity index (χ4n) is 2.04. The van der Waals surface area contributed by atoms with Gasteiger partial charge in [-0.05, 0) is 58.0 Å². The Morgan fingerprint density at radius 2 is 1.24 bits per heavy atom. The van der Waals surface area contributed by atoms with E-state index >= 15 is 0 Å². The lowest BCUT2D eigenvalue weighted by Crippen LogP contribution is -2.37. The molecule has 17 heavy (non-hydrogen) atoms. The monoisotopic (exact) mass is 243 g/mol. The van der Waals surface area contributed by atoms with Gasteiger partial charge in [0.1, 0.15) is 0 Å². The van der Waals surface area contributed by atoms with Crippen molar-refractivity contribution in [3.63, 3.8) is 0 Å². The van der Waals surface area contributed by atoms with Gasteiger partial charge in [-0.3, -0.25) is 0 Å². The minimum Gasteiger partial charge on any atom is -0.393 e. The van der Waals surface area contributed by atoms with Gasteiger partial charge in [0.05, 0.1) is 6.10 Å². The van der Waals surface area contributed by atoms with Crippen molar-refractivity contribution in [3.05, 3.63) is 0 Å². The van der Waals surface area contributed by atoms with Gasteiger partial charge in [0.25, 0.3) is 0 Å². The minimum absolute atomic E-state index is 0.189. The number of hydrogen-bond acceptors (Lipinski definition) is 2. The molecule has 104 valence electrons. The lowest BCUT2D eigenvalue weighted by atomic mass is 10.0. The highest BCUT2D eigenvalue weighted by Crippen LogP contribution is 2.13. The van der Waals surface area contributed by atoms with Crippen LogP contribution in [-0.4, -0.2) is 35.2 Å². The summed E-state index contributed by atoms with van der Waals surface area (Å²) < 4.78 is 0. The molecule has 1 N–H and O–H groups in total. The molecule has 0 heterocycles. The molecule has 0 aromatic heterocycles. The number of nitrogens with zero attached hydrogens (tertiary/aromatic N) is 1. The van der Waals surface area contributed by atoms with Crippen LogP contribution in [0.5, 0.6) is 0 Å². The third kappa shape index (κ3) is 9.61. The Balaban J connectivity index is 4.17. The molecule has 2 heteroatoms. The highest BCUT2D eigenvalue weighted by molar-refractivity contribution is 4.71. The SMILES string of the molecule is CC(C)CCN(CCC(C)C)C(C)CC(C)O. The summed E-state index contributed by atoms with van der Waals surface area (Å²) >= 11 is 0. The van der Waals surface area contributed by atoms with Crippen molar-refractivity contribution in [2.75, 3.05) is 13.1 Å². The second-order valence-electron chi connectivity index (χ2n) is 6.33. The van der Waals surface area contributed by atoms with Crippen LogP contribution in [0, 0.1) is 11.8 Å². The smallest absolute Gasteiger partial charge is 0.0526 e. The van der Waals surface area contributed by atoms with Crippen LogP contribution in [0.4, 0.5) is 0 Å². The summed E-state index contributed by atoms with van der Waals surface area (Å²) in [5, 5.41) is 9.50. The summed E-state index contributed by atoms with van der Waals surface area (Å²) in [5.41, 5.74) is 0. The first-order valence-electron chi connectivity index (χ1n) is 7.25. The van der Waals surface area contributed by atoms with E-state index in [0.717, 1.165) is 31.3 Å². The Hall–Kier alpha value is -0.0800. The molecular formula is C15H33NO. The molecule has 0 radical (unpaired) electrons. The highest BCUT2D eigenvalue weighted by Gasteiger charge is 2.16. The highest BCUT2D eigenvalue weighted by atomic mass is 16.3. The Morgan fingerprint density at radius 3 is 1.53 bits per heavy atom. The normalized spacial score (nSPS) is 15.9. The first-order chi connectivity index (χ1) is 7.82. The molecule has 0 amide bonds. The van der Waals surface area contributed by atoms with E-state index in [2.05, 4.69) is 39.5 Å². The van der Waals surface area contributed by atoms with Crippen molar-refractivity contribution in [2.45, 2.75) is 73.0 Å². The maximum atomic E-state index is 9.50. The zero-order valence-corrected chi connectivity index (χ0v) is 12.7. The van der Waals surface area contributed by atoms with E-state index in [1.54, 1.807) is 0 Å². The van der Waals surface area contributed by atoms with Crippen molar-refractivity contribution in [2.24, 2.45) is 11.8 Å². The summed E-state index contributed by atoms with van der Waals surface area (Å²) in [6.07, 6.45) is 3.20. The van der Waals surface area contributed by atoms with Crippen LogP contribution in [0.15, 0.2) is 0 Å². The maximum absolute atomic E-state index is 9.50. The number of aliphatic hydroxyl groups is 1. The number of rotatable bonds is 9. The van der Waals surface area contributed by atoms with Crippen LogP contribution in [0.2, 0.25) is 0 Å². The summed E-state index contributed by atoms with van der Waals surface area (Å²) in [4.78, 5) is 2.55. The molecular weight excluding hydrogens is 210 g/mol. The van der Waals surface area contributed by atoms with Crippen molar-refractivity contribution >= 4 is 0 Å². The maximum Gasteiger partial charge on any atom is 0.0526 e. The second-order valence-corrected chi connectivity index (χ2v) is 6.33. The van der Waals surface area contributed by atoms with E-state index in [-0.39, 0.29) is 6.10 Å². The van der Waals surface area contributed by atoms with E-state index in [9.17, 15) is 5.11 Å². The van der Waals surface area contributed by atoms with Gasteiger partial charge in [-0.15, -0.1) is 0 Å². The average molecular weight is 243 g/mol. The standard InChI is InChI=1S/C15H33NO/c1-12(2)7-9-16(10-8-13(3)4)14(5)11-15(6)17/h12-15,17H,7-11H2,1-6H3. The lowest BCUT2D eigenvalue weighted by molar-refractivity contribution is 0.113. The third-order valence-electron chi connectivity index (χ3n) is 3.29. The van der Waals surface area contributed by atoms with Crippen molar-refractivity contribution < 1.29 is 5.11 Å². The quantitative estimate of drug-likeness (QED) is 0.669. The first kappa shape index (κ1) is 16.9. The van der Waals surface area contributed by atoms with Gasteiger partial charge in [-0.25, -0.2) is 0 Å². The number of hydrogen-bond donors (Lipinski definition) is 1. The van der Waals surface area contributed by atoms with Crippen LogP contribution in [-0.2, 0) is 0 Å². The molecule has 0 saturated carbocycles. The van der Waals surface area contributed by atoms with Gasteiger partial charge in [0.15, 0.2) is 0 Å². The molecule has 0 saturated heterocycles. The molecule has 0 bridgehead atoms.